The molecule has 2 aliphatic heterocycles. The molecule has 4 nitrogen and oxygen atoms in total. The molecule has 0 aliphatic carbocycles. The van der Waals surface area contributed by atoms with Crippen LogP contribution in [0.5, 0.6) is 0 Å². The lowest BCUT2D eigenvalue weighted by atomic mass is 9.79. The van der Waals surface area contributed by atoms with Gasteiger partial charge in [-0.25, -0.2) is 0 Å². The molecule has 0 spiro atoms. The zero-order valence-corrected chi connectivity index (χ0v) is 11.0. The van der Waals surface area contributed by atoms with Gasteiger partial charge in [-0.2, -0.15) is 0 Å². The summed E-state index contributed by atoms with van der Waals surface area (Å²) in [6.07, 6.45) is 3.12. The van der Waals surface area contributed by atoms with E-state index < -0.39 is 0 Å². The van der Waals surface area contributed by atoms with E-state index in [1.165, 1.54) is 0 Å². The third kappa shape index (κ3) is 3.65. The molecule has 2 rings (SSSR count). The van der Waals surface area contributed by atoms with Crippen molar-refractivity contribution in [1.82, 2.24) is 10.2 Å². The molecule has 2 N–H and O–H groups in total. The van der Waals surface area contributed by atoms with Crippen molar-refractivity contribution in [2.24, 2.45) is 5.41 Å². The van der Waals surface area contributed by atoms with E-state index >= 15 is 0 Å². The minimum Gasteiger partial charge on any atom is -0.392 e. The Morgan fingerprint density at radius 3 is 2.76 bits per heavy atom. The van der Waals surface area contributed by atoms with Crippen molar-refractivity contribution >= 4 is 0 Å². The molecule has 2 aliphatic rings. The highest BCUT2D eigenvalue weighted by atomic mass is 16.5. The van der Waals surface area contributed by atoms with Gasteiger partial charge in [0.25, 0.3) is 0 Å². The van der Waals surface area contributed by atoms with E-state index in [4.69, 9.17) is 4.74 Å². The molecule has 2 fully saturated rings. The lowest BCUT2D eigenvalue weighted by Crippen LogP contribution is -2.47. The second kappa shape index (κ2) is 6.14. The van der Waals surface area contributed by atoms with Crippen LogP contribution < -0.4 is 5.32 Å². The molecule has 0 saturated carbocycles. The topological polar surface area (TPSA) is 44.7 Å². The quantitative estimate of drug-likeness (QED) is 0.735. The molecule has 4 heteroatoms. The predicted octanol–water partition coefficient (Wildman–Crippen LogP) is 0.459. The van der Waals surface area contributed by atoms with Crippen LogP contribution >= 0.6 is 0 Å². The second-order valence-corrected chi connectivity index (χ2v) is 5.57. The standard InChI is InChI=1S/C13H26N2O2/c1-2-14-10-13(4-7-17-8-5-13)11-15-6-3-12(16)9-15/h12,14,16H,2-11H2,1H3. The van der Waals surface area contributed by atoms with Crippen LogP contribution in [-0.4, -0.2) is 62.0 Å². The normalized spacial score (nSPS) is 29.6. The lowest BCUT2D eigenvalue weighted by Gasteiger charge is -2.40. The molecule has 0 aromatic carbocycles. The van der Waals surface area contributed by atoms with Crippen LogP contribution in [0.4, 0.5) is 0 Å². The highest BCUT2D eigenvalue weighted by molar-refractivity contribution is 4.89. The SMILES string of the molecule is CCNCC1(CN2CCC(O)C2)CCOCC1. The summed E-state index contributed by atoms with van der Waals surface area (Å²) in [5.74, 6) is 0. The second-order valence-electron chi connectivity index (χ2n) is 5.57. The van der Waals surface area contributed by atoms with Crippen molar-refractivity contribution in [2.75, 3.05) is 45.9 Å². The summed E-state index contributed by atoms with van der Waals surface area (Å²) in [6.45, 7) is 9.08. The van der Waals surface area contributed by atoms with Gasteiger partial charge in [0.2, 0.25) is 0 Å². The van der Waals surface area contributed by atoms with Gasteiger partial charge in [-0.15, -0.1) is 0 Å². The van der Waals surface area contributed by atoms with E-state index in [1.54, 1.807) is 0 Å². The largest absolute Gasteiger partial charge is 0.392 e. The van der Waals surface area contributed by atoms with Gasteiger partial charge in [0, 0.05) is 39.4 Å². The van der Waals surface area contributed by atoms with E-state index in [0.717, 1.165) is 65.2 Å². The Bertz CT molecular complexity index is 229. The molecule has 2 saturated heterocycles. The maximum Gasteiger partial charge on any atom is 0.0679 e. The number of β-amino-alcohol motifs (C(OH)–C–C–N with tert-alkyl or cyclic N) is 1. The fraction of sp³-hybridized carbons (Fsp3) is 1.00. The molecule has 0 bridgehead atoms. The summed E-state index contributed by atoms with van der Waals surface area (Å²) in [7, 11) is 0. The minimum atomic E-state index is -0.106. The molecule has 1 atom stereocenters. The van der Waals surface area contributed by atoms with Crippen molar-refractivity contribution in [2.45, 2.75) is 32.3 Å². The van der Waals surface area contributed by atoms with Gasteiger partial charge in [-0.1, -0.05) is 6.92 Å². The Morgan fingerprint density at radius 1 is 1.41 bits per heavy atom. The molecular formula is C13H26N2O2. The van der Waals surface area contributed by atoms with Crippen LogP contribution in [0, 0.1) is 5.41 Å². The number of nitrogens with zero attached hydrogens (tertiary/aromatic N) is 1. The van der Waals surface area contributed by atoms with Crippen molar-refractivity contribution in [3.05, 3.63) is 0 Å². The Kier molecular flexibility index (Phi) is 4.79. The molecular weight excluding hydrogens is 216 g/mol. The first-order chi connectivity index (χ1) is 8.24. The minimum absolute atomic E-state index is 0.106. The lowest BCUT2D eigenvalue weighted by molar-refractivity contribution is -0.00221. The average Bonchev–Trinajstić information content (AvgIpc) is 2.73. The maximum absolute atomic E-state index is 9.61. The van der Waals surface area contributed by atoms with E-state index in [0.29, 0.717) is 5.41 Å². The van der Waals surface area contributed by atoms with Gasteiger partial charge in [0.15, 0.2) is 0 Å². The van der Waals surface area contributed by atoms with Crippen LogP contribution in [0.3, 0.4) is 0 Å². The first-order valence-electron chi connectivity index (χ1n) is 6.93. The summed E-state index contributed by atoms with van der Waals surface area (Å²) in [4.78, 5) is 2.42. The number of aliphatic hydroxyl groups excluding tert-OH is 1. The van der Waals surface area contributed by atoms with Gasteiger partial charge in [-0.3, -0.25) is 0 Å². The van der Waals surface area contributed by atoms with E-state index in [2.05, 4.69) is 17.1 Å². The number of likely N-dealkylation sites (tertiary alicyclic amines) is 1. The van der Waals surface area contributed by atoms with Crippen molar-refractivity contribution in [3.8, 4) is 0 Å². The number of ether oxygens (including phenoxy) is 1. The van der Waals surface area contributed by atoms with Crippen molar-refractivity contribution < 1.29 is 9.84 Å². The molecule has 100 valence electrons. The summed E-state index contributed by atoms with van der Waals surface area (Å²) in [5, 5.41) is 13.1. The van der Waals surface area contributed by atoms with Gasteiger partial charge >= 0.3 is 0 Å². The van der Waals surface area contributed by atoms with Gasteiger partial charge in [0.05, 0.1) is 6.10 Å². The van der Waals surface area contributed by atoms with E-state index in [1.807, 2.05) is 0 Å². The van der Waals surface area contributed by atoms with Crippen LogP contribution in [0.15, 0.2) is 0 Å². The number of nitrogens with one attached hydrogen (secondary N) is 1. The Labute approximate surface area is 104 Å². The zero-order chi connectivity index (χ0) is 12.1. The van der Waals surface area contributed by atoms with Gasteiger partial charge < -0.3 is 20.1 Å². The first-order valence-corrected chi connectivity index (χ1v) is 6.93. The van der Waals surface area contributed by atoms with Crippen LogP contribution in [0.2, 0.25) is 0 Å². The van der Waals surface area contributed by atoms with E-state index in [9.17, 15) is 5.11 Å². The maximum atomic E-state index is 9.61. The molecule has 0 amide bonds. The first kappa shape index (κ1) is 13.3. The smallest absolute Gasteiger partial charge is 0.0679 e. The predicted molar refractivity (Wildman–Crippen MR) is 68.1 cm³/mol. The number of hydrogen-bond donors (Lipinski definition) is 2. The van der Waals surface area contributed by atoms with Crippen LogP contribution in [-0.2, 0) is 4.74 Å². The van der Waals surface area contributed by atoms with Gasteiger partial charge in [0.1, 0.15) is 0 Å². The summed E-state index contributed by atoms with van der Waals surface area (Å²) < 4.78 is 5.49. The van der Waals surface area contributed by atoms with Crippen molar-refractivity contribution in [3.63, 3.8) is 0 Å². The van der Waals surface area contributed by atoms with Crippen LogP contribution in [0.25, 0.3) is 0 Å². The zero-order valence-electron chi connectivity index (χ0n) is 11.0. The molecule has 0 aromatic rings. The Hall–Kier alpha value is -0.160. The number of rotatable bonds is 5. The Balaban J connectivity index is 1.89. The fourth-order valence-electron chi connectivity index (χ4n) is 3.02. The third-order valence-corrected chi connectivity index (χ3v) is 4.11. The fourth-order valence-corrected chi connectivity index (χ4v) is 3.02. The van der Waals surface area contributed by atoms with Crippen LogP contribution in [0.1, 0.15) is 26.2 Å². The van der Waals surface area contributed by atoms with E-state index in [-0.39, 0.29) is 6.10 Å². The highest BCUT2D eigenvalue weighted by Crippen LogP contribution is 2.32. The summed E-state index contributed by atoms with van der Waals surface area (Å²) >= 11 is 0. The molecule has 17 heavy (non-hydrogen) atoms. The summed E-state index contributed by atoms with van der Waals surface area (Å²) in [6, 6.07) is 0. The van der Waals surface area contributed by atoms with Crippen molar-refractivity contribution in [1.29, 1.82) is 0 Å². The third-order valence-electron chi connectivity index (χ3n) is 4.11. The van der Waals surface area contributed by atoms with Gasteiger partial charge in [-0.05, 0) is 31.2 Å². The molecule has 0 aromatic heterocycles. The Morgan fingerprint density at radius 2 is 2.18 bits per heavy atom. The monoisotopic (exact) mass is 242 g/mol. The highest BCUT2D eigenvalue weighted by Gasteiger charge is 2.35. The average molecular weight is 242 g/mol. The molecule has 1 unspecified atom stereocenters. The number of aliphatic hydroxyl groups is 1. The molecule has 0 radical (unpaired) electrons. The number of hydrogen-bond acceptors (Lipinski definition) is 4. The summed E-state index contributed by atoms with van der Waals surface area (Å²) in [5.41, 5.74) is 0.359. The molecule has 2 heterocycles.